The molecule has 14 rings (SSSR count). The lowest BCUT2D eigenvalue weighted by Crippen LogP contribution is -2.55. The maximum atomic E-state index is 6.56. The van der Waals surface area contributed by atoms with Gasteiger partial charge in [-0.3, -0.25) is 0 Å². The summed E-state index contributed by atoms with van der Waals surface area (Å²) >= 11 is 1.89. The standard InChI is InChI=1S/C52H39NOS/c1-2-9-33(10-3-1)34-17-20-43-45(28-34)52(35-24-31-23-32(26-35)27-36(52)25-31)44-13-8-14-46(51(43)44)53(37-18-21-40-39-11-4-6-15-47(39)54-48(40)29-37)38-19-22-42-41-12-5-7-16-49(41)55-50(42)30-38/h1-22,28-32,35-36H,23-27H2. The van der Waals surface area contributed by atoms with E-state index in [1.165, 1.54) is 85.9 Å². The molecule has 0 N–H and O–H groups in total. The number of nitrogens with zero attached hydrogens (tertiary/aromatic N) is 1. The summed E-state index contributed by atoms with van der Waals surface area (Å²) < 4.78 is 9.20. The molecule has 1 spiro atoms. The van der Waals surface area contributed by atoms with Crippen molar-refractivity contribution in [3.05, 3.63) is 163 Å². The summed E-state index contributed by atoms with van der Waals surface area (Å²) in [6, 6.07) is 57.0. The van der Waals surface area contributed by atoms with E-state index in [9.17, 15) is 0 Å². The van der Waals surface area contributed by atoms with E-state index in [2.05, 4.69) is 157 Å². The van der Waals surface area contributed by atoms with Crippen LogP contribution in [0.15, 0.2) is 156 Å². The predicted molar refractivity (Wildman–Crippen MR) is 230 cm³/mol. The highest BCUT2D eigenvalue weighted by Gasteiger charge is 2.62. The number of hydrogen-bond donors (Lipinski definition) is 0. The number of thiophene rings is 1. The Balaban J connectivity index is 1.08. The second kappa shape index (κ2) is 11.2. The summed E-state index contributed by atoms with van der Waals surface area (Å²) in [4.78, 5) is 2.54. The lowest BCUT2D eigenvalue weighted by atomic mass is 9.43. The Labute approximate surface area is 324 Å². The molecule has 0 amide bonds. The maximum Gasteiger partial charge on any atom is 0.137 e. The summed E-state index contributed by atoms with van der Waals surface area (Å²) in [5, 5.41) is 4.97. The average Bonchev–Trinajstić information content (AvgIpc) is 3.88. The van der Waals surface area contributed by atoms with E-state index in [-0.39, 0.29) is 5.41 Å². The molecule has 0 unspecified atom stereocenters. The smallest absolute Gasteiger partial charge is 0.137 e. The molecule has 5 aliphatic rings. The molecule has 2 nitrogen and oxygen atoms in total. The number of anilines is 3. The van der Waals surface area contributed by atoms with E-state index in [1.807, 2.05) is 11.3 Å². The Hall–Kier alpha value is -5.64. The van der Waals surface area contributed by atoms with E-state index >= 15 is 0 Å². The molecule has 3 heteroatoms. The fraction of sp³-hybridized carbons (Fsp3) is 0.192. The van der Waals surface area contributed by atoms with Crippen LogP contribution in [0, 0.1) is 23.7 Å². The molecule has 0 aliphatic heterocycles. The van der Waals surface area contributed by atoms with Gasteiger partial charge in [-0.05, 0) is 132 Å². The van der Waals surface area contributed by atoms with Gasteiger partial charge in [-0.15, -0.1) is 11.3 Å². The SMILES string of the molecule is c1ccc(-c2ccc3c(c2)C2(c4cccc(N(c5ccc6c(c5)oc5ccccc56)c5ccc6c(c5)sc5ccccc56)c4-3)C3CC4CC(C3)CC2C4)cc1. The quantitative estimate of drug-likeness (QED) is 0.180. The number of para-hydroxylation sites is 1. The molecular weight excluding hydrogens is 687 g/mol. The van der Waals surface area contributed by atoms with Gasteiger partial charge in [0.15, 0.2) is 0 Å². The zero-order chi connectivity index (χ0) is 35.8. The summed E-state index contributed by atoms with van der Waals surface area (Å²) in [5.74, 6) is 3.14. The zero-order valence-electron chi connectivity index (χ0n) is 30.5. The van der Waals surface area contributed by atoms with Crippen LogP contribution in [0.5, 0.6) is 0 Å². The van der Waals surface area contributed by atoms with Gasteiger partial charge in [-0.25, -0.2) is 0 Å². The molecule has 7 aromatic carbocycles. The number of furan rings is 1. The average molecular weight is 726 g/mol. The first-order chi connectivity index (χ1) is 27.2. The Morgan fingerprint density at radius 1 is 0.491 bits per heavy atom. The van der Waals surface area contributed by atoms with Crippen molar-refractivity contribution in [1.29, 1.82) is 0 Å². The molecule has 0 saturated heterocycles. The fourth-order valence-corrected chi connectivity index (χ4v) is 13.5. The third-order valence-corrected chi connectivity index (χ3v) is 15.4. The van der Waals surface area contributed by atoms with Gasteiger partial charge in [0, 0.05) is 59.4 Å². The minimum absolute atomic E-state index is 0.0443. The molecule has 4 fully saturated rings. The van der Waals surface area contributed by atoms with Crippen molar-refractivity contribution >= 4 is 70.5 Å². The molecule has 0 radical (unpaired) electrons. The van der Waals surface area contributed by atoms with Crippen LogP contribution >= 0.6 is 11.3 Å². The summed E-state index contributed by atoms with van der Waals surface area (Å²) in [6.07, 6.45) is 6.90. The Bertz CT molecular complexity index is 2880. The molecule has 9 aromatic rings. The fourth-order valence-electron chi connectivity index (χ4n) is 12.4. The van der Waals surface area contributed by atoms with E-state index in [0.717, 1.165) is 39.5 Å². The molecule has 5 aliphatic carbocycles. The van der Waals surface area contributed by atoms with Crippen LogP contribution in [-0.2, 0) is 5.41 Å². The van der Waals surface area contributed by atoms with E-state index in [1.54, 1.807) is 11.1 Å². The van der Waals surface area contributed by atoms with Crippen LogP contribution in [0.4, 0.5) is 17.1 Å². The Kier molecular flexibility index (Phi) is 6.25. The van der Waals surface area contributed by atoms with Crippen LogP contribution in [0.1, 0.15) is 43.2 Å². The van der Waals surface area contributed by atoms with Gasteiger partial charge < -0.3 is 9.32 Å². The molecule has 2 heterocycles. The van der Waals surface area contributed by atoms with E-state index < -0.39 is 0 Å². The van der Waals surface area contributed by atoms with Gasteiger partial charge >= 0.3 is 0 Å². The van der Waals surface area contributed by atoms with Crippen LogP contribution in [-0.4, -0.2) is 0 Å². The lowest BCUT2D eigenvalue weighted by Gasteiger charge is -2.61. The summed E-state index contributed by atoms with van der Waals surface area (Å²) in [6.45, 7) is 0. The molecule has 4 saturated carbocycles. The van der Waals surface area contributed by atoms with Crippen LogP contribution < -0.4 is 4.90 Å². The summed E-state index contributed by atoms with van der Waals surface area (Å²) in [5.41, 5.74) is 14.1. The molecule has 264 valence electrons. The summed E-state index contributed by atoms with van der Waals surface area (Å²) in [7, 11) is 0. The first-order valence-corrected chi connectivity index (χ1v) is 21.0. The van der Waals surface area contributed by atoms with Crippen LogP contribution in [0.2, 0.25) is 0 Å². The van der Waals surface area contributed by atoms with E-state index in [4.69, 9.17) is 4.42 Å². The molecule has 2 aromatic heterocycles. The number of fused-ring (bicyclic) bond motifs is 9. The van der Waals surface area contributed by atoms with E-state index in [0.29, 0.717) is 11.8 Å². The minimum Gasteiger partial charge on any atom is -0.456 e. The van der Waals surface area contributed by atoms with Gasteiger partial charge in [0.25, 0.3) is 0 Å². The monoisotopic (exact) mass is 725 g/mol. The lowest BCUT2D eigenvalue weighted by molar-refractivity contribution is -0.0399. The van der Waals surface area contributed by atoms with Crippen molar-refractivity contribution in [2.45, 2.75) is 37.5 Å². The van der Waals surface area contributed by atoms with Crippen molar-refractivity contribution in [1.82, 2.24) is 0 Å². The van der Waals surface area contributed by atoms with Crippen molar-refractivity contribution < 1.29 is 4.42 Å². The van der Waals surface area contributed by atoms with Crippen molar-refractivity contribution in [2.24, 2.45) is 23.7 Å². The predicted octanol–water partition coefficient (Wildman–Crippen LogP) is 14.8. The minimum atomic E-state index is 0.0443. The zero-order valence-corrected chi connectivity index (χ0v) is 31.4. The topological polar surface area (TPSA) is 16.4 Å². The highest BCUT2D eigenvalue weighted by molar-refractivity contribution is 7.25. The highest BCUT2D eigenvalue weighted by Crippen LogP contribution is 2.70. The Morgan fingerprint density at radius 2 is 1.18 bits per heavy atom. The second-order valence-electron chi connectivity index (χ2n) is 16.9. The second-order valence-corrected chi connectivity index (χ2v) is 18.0. The van der Waals surface area contributed by atoms with Gasteiger partial charge in [-0.2, -0.15) is 0 Å². The molecule has 55 heavy (non-hydrogen) atoms. The first-order valence-electron chi connectivity index (χ1n) is 20.2. The maximum absolute atomic E-state index is 6.56. The largest absolute Gasteiger partial charge is 0.456 e. The number of hydrogen-bond acceptors (Lipinski definition) is 3. The highest BCUT2D eigenvalue weighted by atomic mass is 32.1. The Morgan fingerprint density at radius 3 is 2.02 bits per heavy atom. The van der Waals surface area contributed by atoms with Gasteiger partial charge in [0.1, 0.15) is 11.2 Å². The van der Waals surface area contributed by atoms with Crippen molar-refractivity contribution in [3.63, 3.8) is 0 Å². The normalized spacial score (nSPS) is 23.3. The van der Waals surface area contributed by atoms with Crippen LogP contribution in [0.25, 0.3) is 64.4 Å². The van der Waals surface area contributed by atoms with Gasteiger partial charge in [-0.1, -0.05) is 97.1 Å². The third kappa shape index (κ3) is 4.20. The molecule has 0 atom stereocenters. The number of benzene rings is 7. The van der Waals surface area contributed by atoms with Crippen molar-refractivity contribution in [2.75, 3.05) is 4.90 Å². The molecule has 4 bridgehead atoms. The van der Waals surface area contributed by atoms with Crippen molar-refractivity contribution in [3.8, 4) is 22.3 Å². The third-order valence-electron chi connectivity index (χ3n) is 14.2. The molecular formula is C52H39NOS. The van der Waals surface area contributed by atoms with Gasteiger partial charge in [0.2, 0.25) is 0 Å². The number of rotatable bonds is 4. The van der Waals surface area contributed by atoms with Crippen LogP contribution in [0.3, 0.4) is 0 Å². The van der Waals surface area contributed by atoms with Gasteiger partial charge in [0.05, 0.1) is 5.69 Å². The first kappa shape index (κ1) is 30.7.